The summed E-state index contributed by atoms with van der Waals surface area (Å²) in [5.74, 6) is -0.314. The molecule has 1 aromatic heterocycles. The zero-order valence-corrected chi connectivity index (χ0v) is 13.9. The zero-order valence-electron chi connectivity index (χ0n) is 13.1. The van der Waals surface area contributed by atoms with E-state index in [4.69, 9.17) is 0 Å². The van der Waals surface area contributed by atoms with E-state index in [1.165, 1.54) is 16.2 Å². The molecule has 2 atom stereocenters. The third-order valence-electron chi connectivity index (χ3n) is 4.58. The molecule has 7 nitrogen and oxygen atoms in total. The first-order chi connectivity index (χ1) is 11.5. The molecule has 2 fully saturated rings. The Bertz CT molecular complexity index is 849. The van der Waals surface area contributed by atoms with Crippen LogP contribution in [-0.2, 0) is 9.59 Å². The van der Waals surface area contributed by atoms with Crippen LogP contribution in [0.2, 0.25) is 0 Å². The number of hydrogen-bond acceptors (Lipinski definition) is 5. The Hall–Kier alpha value is -2.48. The lowest BCUT2D eigenvalue weighted by molar-refractivity contribution is -0.152. The summed E-state index contributed by atoms with van der Waals surface area (Å²) in [6.45, 7) is 0.496. The van der Waals surface area contributed by atoms with Gasteiger partial charge in [-0.1, -0.05) is 0 Å². The molecule has 1 N–H and O–H groups in total. The van der Waals surface area contributed by atoms with Crippen LogP contribution in [0.4, 0.5) is 0 Å². The van der Waals surface area contributed by atoms with E-state index in [1.54, 1.807) is 23.5 Å². The lowest BCUT2D eigenvalue weighted by atomic mass is 10.1. The predicted molar refractivity (Wildman–Crippen MR) is 88.6 cm³/mol. The van der Waals surface area contributed by atoms with Crippen molar-refractivity contribution in [3.63, 3.8) is 0 Å². The van der Waals surface area contributed by atoms with Crippen molar-refractivity contribution in [2.45, 2.75) is 18.5 Å². The number of piperazine rings is 1. The van der Waals surface area contributed by atoms with E-state index in [2.05, 4.69) is 10.3 Å². The third-order valence-corrected chi connectivity index (χ3v) is 5.38. The Balaban J connectivity index is 1.48. The van der Waals surface area contributed by atoms with Gasteiger partial charge in [0, 0.05) is 25.2 Å². The van der Waals surface area contributed by atoms with E-state index in [0.29, 0.717) is 18.5 Å². The fourth-order valence-corrected chi connectivity index (χ4v) is 4.06. The van der Waals surface area contributed by atoms with E-state index in [-0.39, 0.29) is 30.3 Å². The van der Waals surface area contributed by atoms with Gasteiger partial charge in [0.2, 0.25) is 11.8 Å². The standard InChI is InChI=1S/C16H16N4O3S/c1-19-7-14(21)20-6-10(5-12(20)16(19)23)18-15(22)9-2-3-11-13(4-9)24-8-17-11/h2-4,8,10,12H,5-7H2,1H3,(H,18,22)/t10-,12-/m0/s1. The molecule has 24 heavy (non-hydrogen) atoms. The highest BCUT2D eigenvalue weighted by Crippen LogP contribution is 2.24. The van der Waals surface area contributed by atoms with Gasteiger partial charge in [0.05, 0.1) is 22.3 Å². The molecule has 3 amide bonds. The second-order valence-electron chi connectivity index (χ2n) is 6.20. The summed E-state index contributed by atoms with van der Waals surface area (Å²) in [6.07, 6.45) is 0.462. The maximum Gasteiger partial charge on any atom is 0.251 e. The Kier molecular flexibility index (Phi) is 3.49. The van der Waals surface area contributed by atoms with E-state index in [1.807, 2.05) is 12.1 Å². The Morgan fingerprint density at radius 3 is 3.04 bits per heavy atom. The first kappa shape index (κ1) is 15.1. The molecule has 2 aliphatic rings. The van der Waals surface area contributed by atoms with Gasteiger partial charge in [0.25, 0.3) is 5.91 Å². The lowest BCUT2D eigenvalue weighted by Gasteiger charge is -2.33. The van der Waals surface area contributed by atoms with E-state index in [9.17, 15) is 14.4 Å². The molecule has 0 radical (unpaired) electrons. The second kappa shape index (κ2) is 5.55. The molecule has 0 unspecified atom stereocenters. The number of benzene rings is 1. The van der Waals surface area contributed by atoms with E-state index in [0.717, 1.165) is 10.2 Å². The largest absolute Gasteiger partial charge is 0.347 e. The van der Waals surface area contributed by atoms with Gasteiger partial charge >= 0.3 is 0 Å². The third kappa shape index (κ3) is 2.43. The van der Waals surface area contributed by atoms with Crippen LogP contribution in [0.25, 0.3) is 10.2 Å². The van der Waals surface area contributed by atoms with Crippen LogP contribution >= 0.6 is 11.3 Å². The van der Waals surface area contributed by atoms with Crippen LogP contribution < -0.4 is 5.32 Å². The van der Waals surface area contributed by atoms with Crippen LogP contribution in [0.3, 0.4) is 0 Å². The number of thiazole rings is 1. The molecule has 2 aromatic rings. The number of rotatable bonds is 2. The maximum atomic E-state index is 12.5. The zero-order chi connectivity index (χ0) is 16.8. The molecule has 1 aromatic carbocycles. The summed E-state index contributed by atoms with van der Waals surface area (Å²) in [5, 5.41) is 2.95. The van der Waals surface area contributed by atoms with Gasteiger partial charge in [0.15, 0.2) is 0 Å². The van der Waals surface area contributed by atoms with Crippen molar-refractivity contribution in [3.05, 3.63) is 29.3 Å². The molecule has 3 heterocycles. The monoisotopic (exact) mass is 344 g/mol. The number of likely N-dealkylation sites (N-methyl/N-ethyl adjacent to an activating group) is 1. The number of hydrogen-bond donors (Lipinski definition) is 1. The number of nitrogens with one attached hydrogen (secondary N) is 1. The van der Waals surface area contributed by atoms with Crippen LogP contribution in [0, 0.1) is 0 Å². The number of carbonyl (C=O) groups is 3. The average molecular weight is 344 g/mol. The molecule has 4 rings (SSSR count). The van der Waals surface area contributed by atoms with Crippen LogP contribution in [0.5, 0.6) is 0 Å². The summed E-state index contributed by atoms with van der Waals surface area (Å²) >= 11 is 1.48. The van der Waals surface area contributed by atoms with E-state index >= 15 is 0 Å². The molecular weight excluding hydrogens is 328 g/mol. The molecule has 0 bridgehead atoms. The number of nitrogens with zero attached hydrogens (tertiary/aromatic N) is 3. The van der Waals surface area contributed by atoms with Crippen molar-refractivity contribution in [1.29, 1.82) is 0 Å². The van der Waals surface area contributed by atoms with Crippen LogP contribution in [0.1, 0.15) is 16.8 Å². The minimum absolute atomic E-state index is 0.0579. The predicted octanol–water partition coefficient (Wildman–Crippen LogP) is 0.468. The Labute approximate surface area is 142 Å². The van der Waals surface area contributed by atoms with Crippen LogP contribution in [0.15, 0.2) is 23.7 Å². The highest BCUT2D eigenvalue weighted by molar-refractivity contribution is 7.16. The van der Waals surface area contributed by atoms with Crippen molar-refractivity contribution in [1.82, 2.24) is 20.1 Å². The van der Waals surface area contributed by atoms with Crippen molar-refractivity contribution < 1.29 is 14.4 Å². The SMILES string of the molecule is CN1CC(=O)N2C[C@@H](NC(=O)c3ccc4ncsc4c3)C[C@H]2C1=O. The lowest BCUT2D eigenvalue weighted by Crippen LogP contribution is -2.55. The normalized spacial score (nSPS) is 23.7. The van der Waals surface area contributed by atoms with Crippen LogP contribution in [-0.4, -0.2) is 64.7 Å². The second-order valence-corrected chi connectivity index (χ2v) is 7.08. The first-order valence-corrected chi connectivity index (χ1v) is 8.59. The summed E-state index contributed by atoms with van der Waals surface area (Å²) in [4.78, 5) is 43.9. The molecule has 2 saturated heterocycles. The van der Waals surface area contributed by atoms with Gasteiger partial charge < -0.3 is 15.1 Å². The van der Waals surface area contributed by atoms with Crippen molar-refractivity contribution in [2.75, 3.05) is 20.1 Å². The smallest absolute Gasteiger partial charge is 0.251 e. The van der Waals surface area contributed by atoms with Gasteiger partial charge in [-0.25, -0.2) is 4.98 Å². The number of fused-ring (bicyclic) bond motifs is 2. The topological polar surface area (TPSA) is 82.6 Å². The molecule has 124 valence electrons. The molecule has 0 aliphatic carbocycles. The summed E-state index contributed by atoms with van der Waals surface area (Å²) in [5.41, 5.74) is 3.18. The maximum absolute atomic E-state index is 12.5. The van der Waals surface area contributed by atoms with Gasteiger partial charge in [-0.05, 0) is 24.6 Å². The van der Waals surface area contributed by atoms with Gasteiger partial charge in [-0.3, -0.25) is 14.4 Å². The number of carbonyl (C=O) groups excluding carboxylic acids is 3. The summed E-state index contributed by atoms with van der Waals surface area (Å²) in [6, 6.07) is 4.71. The van der Waals surface area contributed by atoms with Crippen molar-refractivity contribution >= 4 is 39.3 Å². The fraction of sp³-hybridized carbons (Fsp3) is 0.375. The molecule has 0 saturated carbocycles. The number of aromatic nitrogens is 1. The highest BCUT2D eigenvalue weighted by atomic mass is 32.1. The Morgan fingerprint density at radius 2 is 2.21 bits per heavy atom. The molecule has 0 spiro atoms. The van der Waals surface area contributed by atoms with Gasteiger partial charge in [0.1, 0.15) is 6.04 Å². The summed E-state index contributed by atoms with van der Waals surface area (Å²) < 4.78 is 0.957. The van der Waals surface area contributed by atoms with E-state index < -0.39 is 6.04 Å². The molecule has 2 aliphatic heterocycles. The van der Waals surface area contributed by atoms with Crippen molar-refractivity contribution in [3.8, 4) is 0 Å². The minimum atomic E-state index is -0.453. The average Bonchev–Trinajstić information content (AvgIpc) is 3.18. The highest BCUT2D eigenvalue weighted by Gasteiger charge is 2.44. The number of amides is 3. The first-order valence-electron chi connectivity index (χ1n) is 7.71. The van der Waals surface area contributed by atoms with Gasteiger partial charge in [-0.15, -0.1) is 11.3 Å². The van der Waals surface area contributed by atoms with Crippen molar-refractivity contribution in [2.24, 2.45) is 0 Å². The molecule has 8 heteroatoms. The summed E-state index contributed by atoms with van der Waals surface area (Å²) in [7, 11) is 1.63. The quantitative estimate of drug-likeness (QED) is 0.858. The molecular formula is C16H16N4O3S. The van der Waals surface area contributed by atoms with Gasteiger partial charge in [-0.2, -0.15) is 0 Å². The minimum Gasteiger partial charge on any atom is -0.347 e. The Morgan fingerprint density at radius 1 is 1.38 bits per heavy atom. The fourth-order valence-electron chi connectivity index (χ4n) is 3.34.